The van der Waals surface area contributed by atoms with Gasteiger partial charge in [-0.05, 0) is 12.8 Å². The molecule has 104 valence electrons. The van der Waals surface area contributed by atoms with Crippen molar-refractivity contribution in [1.82, 2.24) is 4.90 Å². The van der Waals surface area contributed by atoms with Gasteiger partial charge in [0, 0.05) is 6.54 Å². The van der Waals surface area contributed by atoms with Crippen LogP contribution in [0, 0.1) is 11.8 Å². The molecule has 1 N–H and O–H groups in total. The number of rotatable bonds is 6. The van der Waals surface area contributed by atoms with Crippen molar-refractivity contribution in [2.24, 2.45) is 11.8 Å². The second-order valence-electron chi connectivity index (χ2n) is 4.52. The fourth-order valence-corrected chi connectivity index (χ4v) is 1.81. The van der Waals surface area contributed by atoms with Gasteiger partial charge in [-0.15, -0.1) is 0 Å². The lowest BCUT2D eigenvalue weighted by Gasteiger charge is -2.23. The molecule has 1 amide bonds. The summed E-state index contributed by atoms with van der Waals surface area (Å²) in [6.07, 6.45) is -3.15. The second-order valence-corrected chi connectivity index (χ2v) is 4.52. The highest BCUT2D eigenvalue weighted by molar-refractivity contribution is 5.89. The number of carboxylic acids is 1. The third-order valence-electron chi connectivity index (χ3n) is 2.89. The van der Waals surface area contributed by atoms with Gasteiger partial charge in [-0.1, -0.05) is 13.3 Å². The lowest BCUT2D eigenvalue weighted by atomic mass is 10.2. The zero-order chi connectivity index (χ0) is 13.9. The molecule has 0 radical (unpaired) electrons. The quantitative estimate of drug-likeness (QED) is 0.799. The van der Waals surface area contributed by atoms with Gasteiger partial charge in [-0.3, -0.25) is 9.59 Å². The van der Waals surface area contributed by atoms with Crippen molar-refractivity contribution in [3.05, 3.63) is 0 Å². The molecule has 2 atom stereocenters. The van der Waals surface area contributed by atoms with E-state index in [1.54, 1.807) is 0 Å². The third kappa shape index (κ3) is 4.19. The molecule has 0 saturated heterocycles. The molecule has 0 unspecified atom stereocenters. The molecule has 1 rings (SSSR count). The first-order valence-electron chi connectivity index (χ1n) is 5.84. The fourth-order valence-electron chi connectivity index (χ4n) is 1.81. The molecule has 7 heteroatoms. The Morgan fingerprint density at radius 1 is 1.33 bits per heavy atom. The molecule has 0 spiro atoms. The Hall–Kier alpha value is -1.27. The van der Waals surface area contributed by atoms with E-state index in [-0.39, 0.29) is 13.0 Å². The van der Waals surface area contributed by atoms with Crippen molar-refractivity contribution in [3.8, 4) is 0 Å². The van der Waals surface area contributed by atoms with E-state index in [1.165, 1.54) is 0 Å². The highest BCUT2D eigenvalue weighted by atomic mass is 19.4. The number of carbonyl (C=O) groups is 2. The van der Waals surface area contributed by atoms with Gasteiger partial charge in [-0.25, -0.2) is 0 Å². The van der Waals surface area contributed by atoms with Gasteiger partial charge in [0.15, 0.2) is 0 Å². The number of aliphatic carboxylic acids is 1. The predicted octanol–water partition coefficient (Wildman–Crippen LogP) is 1.90. The normalized spacial score (nSPS) is 22.7. The van der Waals surface area contributed by atoms with Crippen LogP contribution in [0.2, 0.25) is 0 Å². The largest absolute Gasteiger partial charge is 0.481 e. The van der Waals surface area contributed by atoms with Crippen molar-refractivity contribution in [2.75, 3.05) is 13.1 Å². The molecule has 18 heavy (non-hydrogen) atoms. The van der Waals surface area contributed by atoms with Gasteiger partial charge in [0.05, 0.1) is 11.8 Å². The zero-order valence-corrected chi connectivity index (χ0v) is 10.0. The van der Waals surface area contributed by atoms with Crippen LogP contribution in [0.5, 0.6) is 0 Å². The highest BCUT2D eigenvalue weighted by Crippen LogP contribution is 2.40. The minimum absolute atomic E-state index is 0.0255. The van der Waals surface area contributed by atoms with Crippen LogP contribution >= 0.6 is 0 Å². The van der Waals surface area contributed by atoms with Crippen molar-refractivity contribution in [3.63, 3.8) is 0 Å². The number of halogens is 3. The first kappa shape index (κ1) is 14.8. The summed E-state index contributed by atoms with van der Waals surface area (Å²) in [5.74, 6) is -3.39. The van der Waals surface area contributed by atoms with Crippen LogP contribution in [0.25, 0.3) is 0 Å². The van der Waals surface area contributed by atoms with E-state index in [2.05, 4.69) is 0 Å². The summed E-state index contributed by atoms with van der Waals surface area (Å²) >= 11 is 0. The van der Waals surface area contributed by atoms with Crippen LogP contribution in [-0.4, -0.2) is 41.1 Å². The Kier molecular flexibility index (Phi) is 4.59. The molecule has 4 nitrogen and oxygen atoms in total. The fraction of sp³-hybridized carbons (Fsp3) is 0.818. The lowest BCUT2D eigenvalue weighted by Crippen LogP contribution is -2.40. The summed E-state index contributed by atoms with van der Waals surface area (Å²) in [4.78, 5) is 23.1. The summed E-state index contributed by atoms with van der Waals surface area (Å²) in [6.45, 7) is 0.541. The van der Waals surface area contributed by atoms with Gasteiger partial charge >= 0.3 is 12.1 Å². The Labute approximate surface area is 103 Å². The number of hydrogen-bond donors (Lipinski definition) is 1. The molecule has 0 heterocycles. The minimum Gasteiger partial charge on any atom is -0.481 e. The molecule has 0 aromatic rings. The Morgan fingerprint density at radius 2 is 1.94 bits per heavy atom. The number of nitrogens with zero attached hydrogens (tertiary/aromatic N) is 1. The predicted molar refractivity (Wildman–Crippen MR) is 56.8 cm³/mol. The first-order valence-corrected chi connectivity index (χ1v) is 5.84. The molecular formula is C11H16F3NO3. The Bertz CT molecular complexity index is 330. The van der Waals surface area contributed by atoms with Crippen molar-refractivity contribution < 1.29 is 27.9 Å². The monoisotopic (exact) mass is 267 g/mol. The van der Waals surface area contributed by atoms with Crippen molar-refractivity contribution in [1.29, 1.82) is 0 Å². The second kappa shape index (κ2) is 5.58. The van der Waals surface area contributed by atoms with Gasteiger partial charge in [-0.2, -0.15) is 13.2 Å². The van der Waals surface area contributed by atoms with E-state index in [9.17, 15) is 22.8 Å². The van der Waals surface area contributed by atoms with Crippen LogP contribution in [0.1, 0.15) is 26.2 Å². The first-order chi connectivity index (χ1) is 8.26. The summed E-state index contributed by atoms with van der Waals surface area (Å²) in [7, 11) is 0. The zero-order valence-electron chi connectivity index (χ0n) is 10.0. The molecule has 1 aliphatic carbocycles. The molecular weight excluding hydrogens is 251 g/mol. The molecule has 1 aliphatic rings. The van der Waals surface area contributed by atoms with Gasteiger partial charge in [0.1, 0.15) is 6.54 Å². The molecule has 0 aromatic carbocycles. The number of carbonyl (C=O) groups excluding carboxylic acids is 1. The van der Waals surface area contributed by atoms with Crippen LogP contribution in [0.3, 0.4) is 0 Å². The highest BCUT2D eigenvalue weighted by Gasteiger charge is 2.50. The Balaban J connectivity index is 2.60. The summed E-state index contributed by atoms with van der Waals surface area (Å²) in [5, 5.41) is 8.67. The van der Waals surface area contributed by atoms with Crippen LogP contribution < -0.4 is 0 Å². The van der Waals surface area contributed by atoms with E-state index in [0.29, 0.717) is 12.8 Å². The SMILES string of the molecule is CCCCN(CC(F)(F)F)C(=O)[C@H]1C[C@H]1C(=O)O. The third-order valence-corrected chi connectivity index (χ3v) is 2.89. The van der Waals surface area contributed by atoms with Crippen molar-refractivity contribution in [2.45, 2.75) is 32.4 Å². The number of carboxylic acid groups (broad SMARTS) is 1. The van der Waals surface area contributed by atoms with Gasteiger partial charge in [0.2, 0.25) is 5.91 Å². The summed E-state index contributed by atoms with van der Waals surface area (Å²) in [5.41, 5.74) is 0. The van der Waals surface area contributed by atoms with Gasteiger partial charge < -0.3 is 10.0 Å². The van der Waals surface area contributed by atoms with E-state index in [4.69, 9.17) is 5.11 Å². The average molecular weight is 267 g/mol. The number of hydrogen-bond acceptors (Lipinski definition) is 2. The maximum atomic E-state index is 12.3. The van der Waals surface area contributed by atoms with Crippen LogP contribution in [0.4, 0.5) is 13.2 Å². The molecule has 0 aliphatic heterocycles. The van der Waals surface area contributed by atoms with E-state index in [0.717, 1.165) is 4.90 Å². The maximum absolute atomic E-state index is 12.3. The molecule has 1 fully saturated rings. The Morgan fingerprint density at radius 3 is 2.33 bits per heavy atom. The smallest absolute Gasteiger partial charge is 0.406 e. The van der Waals surface area contributed by atoms with E-state index in [1.807, 2.05) is 6.92 Å². The number of amides is 1. The molecule has 0 aromatic heterocycles. The minimum atomic E-state index is -4.45. The number of alkyl halides is 3. The molecule has 1 saturated carbocycles. The number of unbranched alkanes of at least 4 members (excludes halogenated alkanes) is 1. The van der Waals surface area contributed by atoms with Gasteiger partial charge in [0.25, 0.3) is 0 Å². The van der Waals surface area contributed by atoms with E-state index >= 15 is 0 Å². The maximum Gasteiger partial charge on any atom is 0.406 e. The standard InChI is InChI=1S/C11H16F3NO3/c1-2-3-4-15(6-11(12,13)14)9(16)7-5-8(7)10(17)18/h7-8H,2-6H2,1H3,(H,17,18)/t7-,8+/m0/s1. The molecule has 0 bridgehead atoms. The van der Waals surface area contributed by atoms with E-state index < -0.39 is 36.4 Å². The topological polar surface area (TPSA) is 57.6 Å². The van der Waals surface area contributed by atoms with Crippen LogP contribution in [-0.2, 0) is 9.59 Å². The lowest BCUT2D eigenvalue weighted by molar-refractivity contribution is -0.162. The summed E-state index contributed by atoms with van der Waals surface area (Å²) < 4.78 is 37.0. The summed E-state index contributed by atoms with van der Waals surface area (Å²) in [6, 6.07) is 0. The average Bonchev–Trinajstić information content (AvgIpc) is 3.01. The van der Waals surface area contributed by atoms with Crippen LogP contribution in [0.15, 0.2) is 0 Å². The van der Waals surface area contributed by atoms with Crippen molar-refractivity contribution >= 4 is 11.9 Å².